The van der Waals surface area contributed by atoms with Gasteiger partial charge in [-0.3, -0.25) is 0 Å². The van der Waals surface area contributed by atoms with E-state index in [4.69, 9.17) is 50.9 Å². The highest BCUT2D eigenvalue weighted by Crippen LogP contribution is 2.74. The van der Waals surface area contributed by atoms with Gasteiger partial charge < -0.3 is 14.3 Å². The van der Waals surface area contributed by atoms with Gasteiger partial charge in [-0.05, 0) is 112 Å². The van der Waals surface area contributed by atoms with E-state index >= 15 is 0 Å². The zero-order valence-corrected chi connectivity index (χ0v) is 37.5. The lowest BCUT2D eigenvalue weighted by atomic mass is 9.98. The fraction of sp³-hybridized carbons (Fsp3) is 0.436. The van der Waals surface area contributed by atoms with Crippen LogP contribution in [0.4, 0.5) is 0 Å². The first-order chi connectivity index (χ1) is 27.5. The van der Waals surface area contributed by atoms with Gasteiger partial charge in [0.2, 0.25) is 0 Å². The van der Waals surface area contributed by atoms with Gasteiger partial charge in [-0.15, -0.1) is 45.7 Å². The van der Waals surface area contributed by atoms with E-state index in [2.05, 4.69) is 48.2 Å². The number of benzene rings is 2. The summed E-state index contributed by atoms with van der Waals surface area (Å²) in [5, 5.41) is 0. The SMILES string of the molecule is CCO[P+]1(Cc2cc(-c3ccc(-c4ccc(-c5ccc(O[P+](=O)O)cc5)s4)s3)c(C[P+]3(OCC)OC(C)O3)cc2C#CCCCCCCCOP(O)O)OC(C)O1. The summed E-state index contributed by atoms with van der Waals surface area (Å²) < 4.78 is 58.0. The first kappa shape index (κ1) is 44.7. The maximum Gasteiger partial charge on any atom is 0.747 e. The third kappa shape index (κ3) is 12.4. The first-order valence-electron chi connectivity index (χ1n) is 18.9. The van der Waals surface area contributed by atoms with Crippen LogP contribution in [0, 0.1) is 11.8 Å². The summed E-state index contributed by atoms with van der Waals surface area (Å²) in [6.45, 7) is 8.93. The van der Waals surface area contributed by atoms with E-state index in [0.717, 1.165) is 85.9 Å². The molecule has 2 fully saturated rings. The molecule has 2 aromatic heterocycles. The Morgan fingerprint density at radius 1 is 0.754 bits per heavy atom. The van der Waals surface area contributed by atoms with Crippen molar-refractivity contribution in [3.05, 3.63) is 77.4 Å². The van der Waals surface area contributed by atoms with Crippen LogP contribution in [0.1, 0.15) is 82.9 Å². The van der Waals surface area contributed by atoms with Crippen molar-refractivity contribution in [2.75, 3.05) is 19.8 Å². The van der Waals surface area contributed by atoms with Gasteiger partial charge in [0.25, 0.3) is 12.6 Å². The summed E-state index contributed by atoms with van der Waals surface area (Å²) in [5.41, 5.74) is 4.91. The summed E-state index contributed by atoms with van der Waals surface area (Å²) in [7, 11) is -10.2. The largest absolute Gasteiger partial charge is 0.747 e. The van der Waals surface area contributed by atoms with E-state index in [1.54, 1.807) is 34.8 Å². The van der Waals surface area contributed by atoms with Crippen LogP contribution in [0.2, 0.25) is 0 Å². The summed E-state index contributed by atoms with van der Waals surface area (Å²) in [4.78, 5) is 31.3. The van der Waals surface area contributed by atoms with E-state index in [9.17, 15) is 4.57 Å². The van der Waals surface area contributed by atoms with E-state index in [-0.39, 0.29) is 12.6 Å². The Balaban J connectivity index is 1.30. The van der Waals surface area contributed by atoms with Crippen molar-refractivity contribution >= 4 is 55.4 Å². The normalized spacial score (nSPS) is 21.8. The highest BCUT2D eigenvalue weighted by Gasteiger charge is 2.60. The minimum Gasteiger partial charge on any atom is -0.328 e. The molecule has 2 aromatic carbocycles. The molecule has 306 valence electrons. The molecule has 2 aliphatic rings. The van der Waals surface area contributed by atoms with Crippen LogP contribution in [0.5, 0.6) is 5.75 Å². The molecule has 2 saturated heterocycles. The number of unbranched alkanes of at least 4 members (excludes halogenated alkanes) is 5. The second kappa shape index (κ2) is 21.1. The summed E-state index contributed by atoms with van der Waals surface area (Å²) in [6.07, 6.45) is 5.72. The molecule has 3 N–H and O–H groups in total. The Morgan fingerprint density at radius 3 is 1.91 bits per heavy atom. The fourth-order valence-corrected chi connectivity index (χ4v) is 14.0. The molecule has 0 aliphatic carbocycles. The number of thiophene rings is 2. The molecule has 0 amide bonds. The van der Waals surface area contributed by atoms with Crippen molar-refractivity contribution in [1.29, 1.82) is 0 Å². The van der Waals surface area contributed by atoms with Crippen molar-refractivity contribution in [1.82, 2.24) is 0 Å². The van der Waals surface area contributed by atoms with Gasteiger partial charge in [0.05, 0.1) is 19.8 Å². The second-order valence-electron chi connectivity index (χ2n) is 13.2. The van der Waals surface area contributed by atoms with Crippen LogP contribution in [-0.2, 0) is 48.6 Å². The van der Waals surface area contributed by atoms with Gasteiger partial charge in [-0.1, -0.05) is 31.1 Å². The van der Waals surface area contributed by atoms with Gasteiger partial charge in [0.15, 0.2) is 18.1 Å². The van der Waals surface area contributed by atoms with Crippen LogP contribution in [0.3, 0.4) is 0 Å². The number of hydrogen-bond donors (Lipinski definition) is 3. The van der Waals surface area contributed by atoms with Gasteiger partial charge in [0.1, 0.15) is 0 Å². The van der Waals surface area contributed by atoms with Crippen molar-refractivity contribution < 1.29 is 55.4 Å². The van der Waals surface area contributed by atoms with Crippen LogP contribution < -0.4 is 4.52 Å². The average Bonchev–Trinajstić information content (AvgIpc) is 3.83. The zero-order valence-electron chi connectivity index (χ0n) is 32.3. The third-order valence-corrected chi connectivity index (χ3v) is 17.3. The molecule has 1 unspecified atom stereocenters. The molecule has 0 saturated carbocycles. The Hall–Kier alpha value is -1.81. The van der Waals surface area contributed by atoms with Gasteiger partial charge in [-0.2, -0.15) is 9.05 Å². The molecule has 4 aromatic rings. The summed E-state index contributed by atoms with van der Waals surface area (Å²) >= 11 is 3.37. The van der Waals surface area contributed by atoms with Crippen LogP contribution >= 0.6 is 55.4 Å². The molecule has 0 radical (unpaired) electrons. The van der Waals surface area contributed by atoms with Gasteiger partial charge >= 0.3 is 32.7 Å². The first-order valence-corrected chi connectivity index (χ1v) is 26.3. The Kier molecular flexibility index (Phi) is 16.6. The molecule has 6 rings (SSSR count). The monoisotopic (exact) mass is 897 g/mol. The predicted molar refractivity (Wildman–Crippen MR) is 229 cm³/mol. The van der Waals surface area contributed by atoms with Gasteiger partial charge in [0, 0.05) is 47.2 Å². The van der Waals surface area contributed by atoms with Crippen LogP contribution in [-0.4, -0.2) is 47.1 Å². The van der Waals surface area contributed by atoms with E-state index < -0.39 is 32.7 Å². The average molecular weight is 898 g/mol. The van der Waals surface area contributed by atoms with Crippen molar-refractivity contribution in [2.24, 2.45) is 0 Å². The Bertz CT molecular complexity index is 1990. The minimum atomic E-state index is -2.72. The second-order valence-corrected chi connectivity index (χ2v) is 21.2. The highest BCUT2D eigenvalue weighted by molar-refractivity contribution is 7.62. The lowest BCUT2D eigenvalue weighted by molar-refractivity contribution is -0.105. The number of hydrogen-bond acceptors (Lipinski definition) is 13. The molecule has 12 nitrogen and oxygen atoms in total. The maximum atomic E-state index is 11.1. The zero-order chi connectivity index (χ0) is 40.4. The summed E-state index contributed by atoms with van der Waals surface area (Å²) in [5.74, 6) is 7.26. The molecule has 0 bridgehead atoms. The minimum absolute atomic E-state index is 0.335. The standard InChI is InChI=1S/C39H48O12P4S2/c1-5-45-54(48-28(3)49-54)26-32-25-35(37-20-22-39(57-37)38-21-19-36(56-38)30-15-17-34(18-16-30)47-53(42)43)33(27-55(46-6-2)50-29(4)51-55)24-31(32)14-12-10-8-7-9-11-13-23-44-52(40)41/h15-22,24-25,28-29,40-41H,5-11,13,23,26-27H2,1-4H3/q+2/p+1. The van der Waals surface area contributed by atoms with E-state index in [1.165, 1.54) is 0 Å². The Labute approximate surface area is 345 Å². The molecule has 4 heterocycles. The lowest BCUT2D eigenvalue weighted by Crippen LogP contribution is -2.30. The summed E-state index contributed by atoms with van der Waals surface area (Å²) in [6, 6.07) is 20.0. The topological polar surface area (TPSA) is 152 Å². The molecule has 0 spiro atoms. The quantitative estimate of drug-likeness (QED) is 0.0415. The predicted octanol–water partition coefficient (Wildman–Crippen LogP) is 12.1. The Morgan fingerprint density at radius 2 is 1.32 bits per heavy atom. The molecule has 2 aliphatic heterocycles. The maximum absolute atomic E-state index is 11.1. The lowest BCUT2D eigenvalue weighted by Gasteiger charge is -2.34. The smallest absolute Gasteiger partial charge is 0.328 e. The van der Waals surface area contributed by atoms with Crippen molar-refractivity contribution in [3.8, 4) is 48.2 Å². The van der Waals surface area contributed by atoms with Crippen LogP contribution in [0.15, 0.2) is 60.7 Å². The van der Waals surface area contributed by atoms with E-state index in [0.29, 0.717) is 37.9 Å². The molecule has 1 atom stereocenters. The fourth-order valence-electron chi connectivity index (χ4n) is 6.55. The highest BCUT2D eigenvalue weighted by atomic mass is 32.1. The van der Waals surface area contributed by atoms with Crippen LogP contribution in [0.25, 0.3) is 30.6 Å². The van der Waals surface area contributed by atoms with Crippen molar-refractivity contribution in [3.63, 3.8) is 0 Å². The molecular weight excluding hydrogens is 848 g/mol. The van der Waals surface area contributed by atoms with Crippen molar-refractivity contribution in [2.45, 2.75) is 91.1 Å². The molecule has 57 heavy (non-hydrogen) atoms. The number of rotatable bonds is 21. The molecular formula is C39H49O12P4S2+3. The molecule has 18 heteroatoms. The van der Waals surface area contributed by atoms with Gasteiger partial charge in [-0.25, -0.2) is 4.52 Å². The third-order valence-electron chi connectivity index (χ3n) is 8.86. The van der Waals surface area contributed by atoms with E-state index in [1.807, 2.05) is 39.8 Å².